The van der Waals surface area contributed by atoms with Crippen molar-refractivity contribution in [3.63, 3.8) is 0 Å². The number of piperidine rings is 1. The maximum Gasteiger partial charge on any atom is 0.416 e. The number of hydrogen-bond donors (Lipinski definition) is 0. The van der Waals surface area contributed by atoms with E-state index in [4.69, 9.17) is 5.26 Å². The van der Waals surface area contributed by atoms with Gasteiger partial charge in [0.2, 0.25) is 11.8 Å². The molecule has 0 N–H and O–H groups in total. The molecule has 7 heteroatoms. The largest absolute Gasteiger partial charge is 0.416 e. The molecule has 0 aromatic heterocycles. The molecule has 0 atom stereocenters. The molecule has 0 spiro atoms. The fraction of sp³-hybridized carbons (Fsp3) is 0.308. The number of nitrogens with zero attached hydrogens (tertiary/aromatic N) is 2. The number of amides is 2. The highest BCUT2D eigenvalue weighted by Crippen LogP contribution is 2.33. The third kappa shape index (κ3) is 2.50. The summed E-state index contributed by atoms with van der Waals surface area (Å²) in [7, 11) is 0. The van der Waals surface area contributed by atoms with Gasteiger partial charge in [0.15, 0.2) is 0 Å². The highest BCUT2D eigenvalue weighted by molar-refractivity contribution is 6.17. The van der Waals surface area contributed by atoms with Gasteiger partial charge in [-0.05, 0) is 24.6 Å². The molecule has 4 nitrogen and oxygen atoms in total. The van der Waals surface area contributed by atoms with Crippen molar-refractivity contribution in [1.82, 2.24) is 0 Å². The molecule has 1 saturated heterocycles. The van der Waals surface area contributed by atoms with Gasteiger partial charge in [-0.15, -0.1) is 0 Å². The lowest BCUT2D eigenvalue weighted by Gasteiger charge is -2.25. The van der Waals surface area contributed by atoms with Gasteiger partial charge in [0, 0.05) is 12.8 Å². The third-order valence-electron chi connectivity index (χ3n) is 2.97. The zero-order valence-electron chi connectivity index (χ0n) is 10.2. The van der Waals surface area contributed by atoms with Crippen LogP contribution in [0.25, 0.3) is 0 Å². The van der Waals surface area contributed by atoms with E-state index in [1.165, 1.54) is 0 Å². The van der Waals surface area contributed by atoms with Crippen molar-refractivity contribution < 1.29 is 22.8 Å². The van der Waals surface area contributed by atoms with Crippen molar-refractivity contribution in [2.24, 2.45) is 0 Å². The smallest absolute Gasteiger partial charge is 0.274 e. The van der Waals surface area contributed by atoms with Gasteiger partial charge in [-0.2, -0.15) is 18.4 Å². The Morgan fingerprint density at radius 3 is 2.25 bits per heavy atom. The van der Waals surface area contributed by atoms with Gasteiger partial charge < -0.3 is 0 Å². The average molecular weight is 282 g/mol. The van der Waals surface area contributed by atoms with E-state index in [-0.39, 0.29) is 24.1 Å². The molecular formula is C13H9F3N2O2. The maximum absolute atomic E-state index is 12.6. The van der Waals surface area contributed by atoms with Gasteiger partial charge in [0.25, 0.3) is 0 Å². The molecule has 0 aliphatic carbocycles. The summed E-state index contributed by atoms with van der Waals surface area (Å²) in [6, 6.07) is 3.99. The van der Waals surface area contributed by atoms with E-state index in [1.54, 1.807) is 6.07 Å². The first-order chi connectivity index (χ1) is 9.34. The van der Waals surface area contributed by atoms with E-state index >= 15 is 0 Å². The number of nitriles is 1. The average Bonchev–Trinajstić information content (AvgIpc) is 2.37. The molecule has 0 bridgehead atoms. The molecule has 0 radical (unpaired) electrons. The first-order valence-corrected chi connectivity index (χ1v) is 5.81. The first-order valence-electron chi connectivity index (χ1n) is 5.81. The van der Waals surface area contributed by atoms with E-state index < -0.39 is 23.6 Å². The van der Waals surface area contributed by atoms with Crippen LogP contribution >= 0.6 is 0 Å². The van der Waals surface area contributed by atoms with Crippen molar-refractivity contribution in [1.29, 1.82) is 5.26 Å². The quantitative estimate of drug-likeness (QED) is 0.744. The van der Waals surface area contributed by atoms with Gasteiger partial charge in [0.1, 0.15) is 6.07 Å². The molecule has 2 rings (SSSR count). The lowest BCUT2D eigenvalue weighted by atomic mass is 10.0. The first kappa shape index (κ1) is 14.1. The van der Waals surface area contributed by atoms with Crippen molar-refractivity contribution in [3.8, 4) is 6.07 Å². The van der Waals surface area contributed by atoms with Crippen LogP contribution in [0.1, 0.15) is 30.4 Å². The molecule has 2 amide bonds. The summed E-state index contributed by atoms with van der Waals surface area (Å²) >= 11 is 0. The van der Waals surface area contributed by atoms with Gasteiger partial charge >= 0.3 is 6.18 Å². The molecular weight excluding hydrogens is 273 g/mol. The van der Waals surface area contributed by atoms with Crippen LogP contribution in [0.3, 0.4) is 0 Å². The lowest BCUT2D eigenvalue weighted by molar-refractivity contribution is -0.137. The van der Waals surface area contributed by atoms with Crippen molar-refractivity contribution >= 4 is 17.5 Å². The second kappa shape index (κ2) is 4.96. The zero-order valence-corrected chi connectivity index (χ0v) is 10.2. The van der Waals surface area contributed by atoms with Gasteiger partial charge in [-0.1, -0.05) is 0 Å². The Kier molecular flexibility index (Phi) is 3.49. The minimum Gasteiger partial charge on any atom is -0.274 e. The summed E-state index contributed by atoms with van der Waals surface area (Å²) < 4.78 is 37.7. The Morgan fingerprint density at radius 2 is 1.75 bits per heavy atom. The monoisotopic (exact) mass is 282 g/mol. The normalized spacial score (nSPS) is 16.2. The Labute approximate surface area is 112 Å². The van der Waals surface area contributed by atoms with Crippen LogP contribution in [0.2, 0.25) is 0 Å². The maximum atomic E-state index is 12.6. The lowest BCUT2D eigenvalue weighted by Crippen LogP contribution is -2.40. The highest BCUT2D eigenvalue weighted by Gasteiger charge is 2.33. The van der Waals surface area contributed by atoms with Crippen LogP contribution in [0.4, 0.5) is 18.9 Å². The summed E-state index contributed by atoms with van der Waals surface area (Å²) in [4.78, 5) is 24.3. The molecule has 1 aromatic rings. The number of alkyl halides is 3. The number of imide groups is 1. The van der Waals surface area contributed by atoms with Gasteiger partial charge in [0.05, 0.1) is 16.8 Å². The molecule has 0 saturated carbocycles. The number of hydrogen-bond acceptors (Lipinski definition) is 3. The highest BCUT2D eigenvalue weighted by atomic mass is 19.4. The van der Waals surface area contributed by atoms with Crippen LogP contribution in [0.5, 0.6) is 0 Å². The molecule has 104 valence electrons. The SMILES string of the molecule is N#Cc1cc(C(F)(F)F)ccc1N1C(=O)CCCC1=O. The summed E-state index contributed by atoms with van der Waals surface area (Å²) in [5.74, 6) is -1.00. The van der Waals surface area contributed by atoms with Crippen LogP contribution in [0, 0.1) is 11.3 Å². The summed E-state index contributed by atoms with van der Waals surface area (Å²) in [6.07, 6.45) is -3.90. The van der Waals surface area contributed by atoms with Gasteiger partial charge in [-0.25, -0.2) is 4.90 Å². The minimum absolute atomic E-state index is 0.0878. The number of carbonyl (C=O) groups excluding carboxylic acids is 2. The second-order valence-corrected chi connectivity index (χ2v) is 4.32. The van der Waals surface area contributed by atoms with E-state index in [0.29, 0.717) is 12.5 Å². The van der Waals surface area contributed by atoms with E-state index in [0.717, 1.165) is 17.0 Å². The fourth-order valence-corrected chi connectivity index (χ4v) is 2.02. The third-order valence-corrected chi connectivity index (χ3v) is 2.97. The summed E-state index contributed by atoms with van der Waals surface area (Å²) in [5, 5.41) is 8.95. The van der Waals surface area contributed by atoms with E-state index in [2.05, 4.69) is 0 Å². The molecule has 1 aromatic carbocycles. The predicted molar refractivity (Wildman–Crippen MR) is 62.5 cm³/mol. The number of anilines is 1. The Balaban J connectivity index is 2.50. The van der Waals surface area contributed by atoms with Crippen molar-refractivity contribution in [2.45, 2.75) is 25.4 Å². The number of carbonyl (C=O) groups is 2. The van der Waals surface area contributed by atoms with Crippen LogP contribution in [-0.4, -0.2) is 11.8 Å². The van der Waals surface area contributed by atoms with Crippen LogP contribution in [-0.2, 0) is 15.8 Å². The van der Waals surface area contributed by atoms with Crippen molar-refractivity contribution in [2.75, 3.05) is 4.90 Å². The van der Waals surface area contributed by atoms with Crippen LogP contribution < -0.4 is 4.90 Å². The summed E-state index contributed by atoms with van der Waals surface area (Å²) in [5.41, 5.74) is -1.42. The standard InChI is InChI=1S/C13H9F3N2O2/c14-13(15,16)9-4-5-10(8(6-9)7-17)18-11(19)2-1-3-12(18)20/h4-6H,1-3H2. The molecule has 1 heterocycles. The zero-order chi connectivity index (χ0) is 14.9. The predicted octanol–water partition coefficient (Wildman–Crippen LogP) is 2.62. The van der Waals surface area contributed by atoms with E-state index in [1.807, 2.05) is 0 Å². The topological polar surface area (TPSA) is 61.2 Å². The molecule has 20 heavy (non-hydrogen) atoms. The second-order valence-electron chi connectivity index (χ2n) is 4.32. The molecule has 1 fully saturated rings. The number of halogens is 3. The molecule has 0 unspecified atom stereocenters. The van der Waals surface area contributed by atoms with Crippen LogP contribution in [0.15, 0.2) is 18.2 Å². The number of rotatable bonds is 1. The number of benzene rings is 1. The molecule has 1 aliphatic rings. The van der Waals surface area contributed by atoms with Crippen molar-refractivity contribution in [3.05, 3.63) is 29.3 Å². The van der Waals surface area contributed by atoms with E-state index in [9.17, 15) is 22.8 Å². The Morgan fingerprint density at radius 1 is 1.15 bits per heavy atom. The van der Waals surface area contributed by atoms with Gasteiger partial charge in [-0.3, -0.25) is 9.59 Å². The Bertz CT molecular complexity index is 601. The molecule has 1 aliphatic heterocycles. The minimum atomic E-state index is -4.58. The summed E-state index contributed by atoms with van der Waals surface area (Å²) in [6.45, 7) is 0. The fourth-order valence-electron chi connectivity index (χ4n) is 2.02. The Hall–Kier alpha value is -2.36.